The molecule has 0 spiro atoms. The van der Waals surface area contributed by atoms with Gasteiger partial charge in [0.15, 0.2) is 0 Å². The van der Waals surface area contributed by atoms with Crippen molar-refractivity contribution in [2.75, 3.05) is 25.5 Å². The summed E-state index contributed by atoms with van der Waals surface area (Å²) in [5.41, 5.74) is 2.65. The molecule has 0 bridgehead atoms. The SMILES string of the molecule is CN1CC(c2cccc(Cl)c2)C(c2ccc(F)cc2NC=O)C1. The molecule has 120 valence electrons. The van der Waals surface area contributed by atoms with Gasteiger partial charge in [0.1, 0.15) is 5.82 Å². The molecular weight excluding hydrogens is 315 g/mol. The molecule has 0 aliphatic carbocycles. The Kier molecular flexibility index (Phi) is 4.64. The fourth-order valence-electron chi connectivity index (χ4n) is 3.43. The van der Waals surface area contributed by atoms with E-state index in [-0.39, 0.29) is 17.7 Å². The number of likely N-dealkylation sites (tertiary alicyclic amines) is 1. The molecule has 1 aliphatic heterocycles. The van der Waals surface area contributed by atoms with Crippen molar-refractivity contribution in [3.05, 3.63) is 64.4 Å². The van der Waals surface area contributed by atoms with Crippen molar-refractivity contribution in [1.29, 1.82) is 0 Å². The van der Waals surface area contributed by atoms with Crippen molar-refractivity contribution in [2.24, 2.45) is 0 Å². The lowest BCUT2D eigenvalue weighted by Crippen LogP contribution is -2.14. The van der Waals surface area contributed by atoms with Crippen LogP contribution in [0.2, 0.25) is 5.02 Å². The molecule has 1 heterocycles. The monoisotopic (exact) mass is 332 g/mol. The summed E-state index contributed by atoms with van der Waals surface area (Å²) in [6, 6.07) is 12.4. The summed E-state index contributed by atoms with van der Waals surface area (Å²) in [4.78, 5) is 13.1. The molecule has 3 nitrogen and oxygen atoms in total. The lowest BCUT2D eigenvalue weighted by Gasteiger charge is -2.22. The first-order valence-corrected chi connectivity index (χ1v) is 7.90. The van der Waals surface area contributed by atoms with Crippen LogP contribution in [0.1, 0.15) is 23.0 Å². The first-order chi connectivity index (χ1) is 11.1. The van der Waals surface area contributed by atoms with Gasteiger partial charge in [0.25, 0.3) is 0 Å². The second-order valence-electron chi connectivity index (χ2n) is 5.98. The summed E-state index contributed by atoms with van der Waals surface area (Å²) < 4.78 is 13.5. The highest BCUT2D eigenvalue weighted by molar-refractivity contribution is 6.30. The van der Waals surface area contributed by atoms with Crippen molar-refractivity contribution >= 4 is 23.7 Å². The Labute approximate surface area is 140 Å². The fourth-order valence-corrected chi connectivity index (χ4v) is 3.63. The molecule has 0 aromatic heterocycles. The quantitative estimate of drug-likeness (QED) is 0.862. The molecule has 0 saturated carbocycles. The van der Waals surface area contributed by atoms with Gasteiger partial charge in [-0.1, -0.05) is 29.8 Å². The van der Waals surface area contributed by atoms with Crippen LogP contribution in [-0.2, 0) is 4.79 Å². The maximum absolute atomic E-state index is 13.5. The zero-order chi connectivity index (χ0) is 16.4. The zero-order valence-electron chi connectivity index (χ0n) is 12.8. The van der Waals surface area contributed by atoms with Crippen LogP contribution < -0.4 is 5.32 Å². The number of amides is 1. The Hall–Kier alpha value is -1.91. The highest BCUT2D eigenvalue weighted by Crippen LogP contribution is 2.42. The van der Waals surface area contributed by atoms with E-state index in [1.165, 1.54) is 12.1 Å². The molecule has 2 aromatic carbocycles. The first kappa shape index (κ1) is 16.0. The summed E-state index contributed by atoms with van der Waals surface area (Å²) in [5.74, 6) is 0.0571. The minimum Gasteiger partial charge on any atom is -0.328 e. The van der Waals surface area contributed by atoms with Crippen LogP contribution in [0.3, 0.4) is 0 Å². The van der Waals surface area contributed by atoms with Gasteiger partial charge < -0.3 is 10.2 Å². The largest absolute Gasteiger partial charge is 0.328 e. The van der Waals surface area contributed by atoms with E-state index in [0.29, 0.717) is 17.1 Å². The summed E-state index contributed by atoms with van der Waals surface area (Å²) in [5, 5.41) is 3.34. The number of hydrogen-bond acceptors (Lipinski definition) is 2. The Balaban J connectivity index is 2.01. The summed E-state index contributed by atoms with van der Waals surface area (Å²) in [7, 11) is 2.06. The number of carbonyl (C=O) groups excluding carboxylic acids is 1. The molecule has 3 rings (SSSR count). The van der Waals surface area contributed by atoms with E-state index in [1.54, 1.807) is 6.07 Å². The summed E-state index contributed by atoms with van der Waals surface area (Å²) >= 11 is 6.13. The van der Waals surface area contributed by atoms with Crippen LogP contribution in [0.4, 0.5) is 10.1 Å². The van der Waals surface area contributed by atoms with E-state index < -0.39 is 0 Å². The van der Waals surface area contributed by atoms with Crippen molar-refractivity contribution in [1.82, 2.24) is 4.90 Å². The van der Waals surface area contributed by atoms with Crippen molar-refractivity contribution in [3.63, 3.8) is 0 Å². The minimum absolute atomic E-state index is 0.168. The van der Waals surface area contributed by atoms with Gasteiger partial charge in [0.2, 0.25) is 6.41 Å². The number of nitrogens with one attached hydrogen (secondary N) is 1. The molecule has 1 fully saturated rings. The van der Waals surface area contributed by atoms with Gasteiger partial charge in [-0.05, 0) is 42.4 Å². The number of rotatable bonds is 4. The third-order valence-electron chi connectivity index (χ3n) is 4.41. The molecule has 0 radical (unpaired) electrons. The second-order valence-corrected chi connectivity index (χ2v) is 6.42. The Bertz CT molecular complexity index is 722. The lowest BCUT2D eigenvalue weighted by atomic mass is 9.83. The van der Waals surface area contributed by atoms with Gasteiger partial charge in [0.05, 0.1) is 0 Å². The summed E-state index contributed by atoms with van der Waals surface area (Å²) in [6.07, 6.45) is 0.589. The third kappa shape index (κ3) is 3.38. The smallest absolute Gasteiger partial charge is 0.211 e. The minimum atomic E-state index is -0.358. The molecular formula is C18H18ClFN2O. The number of nitrogens with zero attached hydrogens (tertiary/aromatic N) is 1. The predicted molar refractivity (Wildman–Crippen MR) is 90.5 cm³/mol. The van der Waals surface area contributed by atoms with Gasteiger partial charge in [-0.15, -0.1) is 0 Å². The van der Waals surface area contributed by atoms with Gasteiger partial charge >= 0.3 is 0 Å². The first-order valence-electron chi connectivity index (χ1n) is 7.52. The van der Waals surface area contributed by atoms with Crippen LogP contribution in [-0.4, -0.2) is 31.4 Å². The Morgan fingerprint density at radius 2 is 2.00 bits per heavy atom. The molecule has 5 heteroatoms. The maximum atomic E-state index is 13.5. The Morgan fingerprint density at radius 3 is 2.74 bits per heavy atom. The van der Waals surface area contributed by atoms with Crippen molar-refractivity contribution in [3.8, 4) is 0 Å². The molecule has 2 unspecified atom stereocenters. The fraction of sp³-hybridized carbons (Fsp3) is 0.278. The molecule has 1 amide bonds. The number of anilines is 1. The molecule has 1 N–H and O–H groups in total. The van der Waals surface area contributed by atoms with Crippen LogP contribution in [0.5, 0.6) is 0 Å². The second kappa shape index (κ2) is 6.69. The Morgan fingerprint density at radius 1 is 1.22 bits per heavy atom. The van der Waals surface area contributed by atoms with Gasteiger partial charge in [-0.3, -0.25) is 4.79 Å². The van der Waals surface area contributed by atoms with Gasteiger partial charge in [-0.2, -0.15) is 0 Å². The van der Waals surface area contributed by atoms with Gasteiger partial charge in [-0.25, -0.2) is 4.39 Å². The van der Waals surface area contributed by atoms with Crippen molar-refractivity contribution in [2.45, 2.75) is 11.8 Å². The highest BCUT2D eigenvalue weighted by atomic mass is 35.5. The molecule has 1 aliphatic rings. The molecule has 2 atom stereocenters. The van der Waals surface area contributed by atoms with E-state index >= 15 is 0 Å². The van der Waals surface area contributed by atoms with E-state index in [0.717, 1.165) is 24.2 Å². The lowest BCUT2D eigenvalue weighted by molar-refractivity contribution is -0.105. The number of benzene rings is 2. The standard InChI is InChI=1S/C18H18ClFN2O/c1-22-9-16(12-3-2-4-13(19)7-12)17(10-22)15-6-5-14(20)8-18(15)21-11-23/h2-8,11,16-17H,9-10H2,1H3,(H,21,23). The average Bonchev–Trinajstić information content (AvgIpc) is 2.89. The number of carbonyl (C=O) groups is 1. The normalized spacial score (nSPS) is 21.3. The van der Waals surface area contributed by atoms with E-state index in [4.69, 9.17) is 11.6 Å². The van der Waals surface area contributed by atoms with Crippen LogP contribution in [0.25, 0.3) is 0 Å². The van der Waals surface area contributed by atoms with Crippen LogP contribution in [0, 0.1) is 5.82 Å². The van der Waals surface area contributed by atoms with Gasteiger partial charge in [0, 0.05) is 35.6 Å². The van der Waals surface area contributed by atoms with Crippen LogP contribution >= 0.6 is 11.6 Å². The topological polar surface area (TPSA) is 32.3 Å². The number of hydrogen-bond donors (Lipinski definition) is 1. The maximum Gasteiger partial charge on any atom is 0.211 e. The van der Waals surface area contributed by atoms with E-state index in [1.807, 2.05) is 18.2 Å². The summed E-state index contributed by atoms with van der Waals surface area (Å²) in [6.45, 7) is 1.74. The third-order valence-corrected chi connectivity index (χ3v) is 4.64. The molecule has 2 aromatic rings. The highest BCUT2D eigenvalue weighted by Gasteiger charge is 2.34. The number of halogens is 2. The van der Waals surface area contributed by atoms with E-state index in [9.17, 15) is 9.18 Å². The average molecular weight is 333 g/mol. The van der Waals surface area contributed by atoms with E-state index in [2.05, 4.69) is 23.3 Å². The zero-order valence-corrected chi connectivity index (χ0v) is 13.6. The molecule has 23 heavy (non-hydrogen) atoms. The van der Waals surface area contributed by atoms with Crippen LogP contribution in [0.15, 0.2) is 42.5 Å². The number of likely N-dealkylation sites (N-methyl/N-ethyl adjacent to an activating group) is 1. The molecule has 1 saturated heterocycles. The predicted octanol–water partition coefficient (Wildman–Crippen LogP) is 3.86. The van der Waals surface area contributed by atoms with Crippen molar-refractivity contribution < 1.29 is 9.18 Å².